The van der Waals surface area contributed by atoms with Gasteiger partial charge in [0, 0.05) is 10.6 Å². The lowest BCUT2D eigenvalue weighted by molar-refractivity contribution is -0.123. The van der Waals surface area contributed by atoms with Crippen molar-refractivity contribution < 1.29 is 19.1 Å². The van der Waals surface area contributed by atoms with Crippen LogP contribution in [0.5, 0.6) is 11.5 Å². The Hall–Kier alpha value is -2.44. The van der Waals surface area contributed by atoms with E-state index in [1.807, 2.05) is 6.07 Å². The molecule has 0 atom stereocenters. The average molecular weight is 390 g/mol. The molecule has 7 heteroatoms. The summed E-state index contributed by atoms with van der Waals surface area (Å²) in [6.45, 7) is 0.136. The predicted octanol–water partition coefficient (Wildman–Crippen LogP) is 4.59. The molecule has 0 spiro atoms. The highest BCUT2D eigenvalue weighted by molar-refractivity contribution is 8.18. The van der Waals surface area contributed by atoms with Gasteiger partial charge in [-0.25, -0.2) is 0 Å². The number of imide groups is 1. The van der Waals surface area contributed by atoms with Gasteiger partial charge in [-0.1, -0.05) is 41.9 Å². The van der Waals surface area contributed by atoms with Crippen LogP contribution >= 0.6 is 23.4 Å². The van der Waals surface area contributed by atoms with Gasteiger partial charge in [-0.05, 0) is 35.5 Å². The first-order valence-corrected chi connectivity index (χ1v) is 8.94. The molecule has 0 saturated carbocycles. The summed E-state index contributed by atoms with van der Waals surface area (Å²) in [5.41, 5.74) is 1.38. The first-order valence-electron chi connectivity index (χ1n) is 7.75. The highest BCUT2D eigenvalue weighted by Crippen LogP contribution is 2.38. The summed E-state index contributed by atoms with van der Waals surface area (Å²) in [4.78, 5) is 26.5. The Kier molecular flexibility index (Phi) is 5.54. The van der Waals surface area contributed by atoms with Crippen molar-refractivity contribution in [2.45, 2.75) is 6.54 Å². The van der Waals surface area contributed by atoms with E-state index in [1.165, 1.54) is 12.0 Å². The lowest BCUT2D eigenvalue weighted by Crippen LogP contribution is -2.27. The minimum Gasteiger partial charge on any atom is -0.493 e. The lowest BCUT2D eigenvalue weighted by atomic mass is 10.1. The summed E-state index contributed by atoms with van der Waals surface area (Å²) in [5, 5.41) is 0.188. The summed E-state index contributed by atoms with van der Waals surface area (Å²) < 4.78 is 10.6. The largest absolute Gasteiger partial charge is 0.493 e. The van der Waals surface area contributed by atoms with Crippen LogP contribution in [-0.2, 0) is 11.3 Å². The van der Waals surface area contributed by atoms with Crippen molar-refractivity contribution in [3.05, 3.63) is 63.5 Å². The van der Waals surface area contributed by atoms with E-state index in [1.54, 1.807) is 49.6 Å². The van der Waals surface area contributed by atoms with Gasteiger partial charge in [0.2, 0.25) is 0 Å². The molecule has 3 rings (SSSR count). The maximum absolute atomic E-state index is 12.7. The zero-order valence-corrected chi connectivity index (χ0v) is 15.8. The van der Waals surface area contributed by atoms with Gasteiger partial charge in [-0.15, -0.1) is 0 Å². The van der Waals surface area contributed by atoms with E-state index in [4.69, 9.17) is 21.1 Å². The molecule has 1 fully saturated rings. The quantitative estimate of drug-likeness (QED) is 0.700. The Labute approximate surface area is 160 Å². The smallest absolute Gasteiger partial charge is 0.293 e. The number of carbonyl (C=O) groups excluding carboxylic acids is 2. The average Bonchev–Trinajstić information content (AvgIpc) is 2.90. The molecule has 2 aromatic carbocycles. The summed E-state index contributed by atoms with van der Waals surface area (Å²) >= 11 is 7.03. The highest BCUT2D eigenvalue weighted by Gasteiger charge is 2.35. The van der Waals surface area contributed by atoms with Gasteiger partial charge in [-0.2, -0.15) is 0 Å². The van der Waals surface area contributed by atoms with Crippen LogP contribution in [0.2, 0.25) is 5.02 Å². The number of halogens is 1. The van der Waals surface area contributed by atoms with Crippen molar-refractivity contribution in [1.29, 1.82) is 0 Å². The molecular weight excluding hydrogens is 374 g/mol. The number of hydrogen-bond donors (Lipinski definition) is 0. The van der Waals surface area contributed by atoms with E-state index in [9.17, 15) is 9.59 Å². The standard InChI is InChI=1S/C19H16ClNO4S/c1-24-15-9-5-7-12(17(15)25-2)10-16-18(22)21(19(23)26-16)11-13-6-3-4-8-14(13)20/h3-10H,11H2,1-2H3/b16-10+. The molecule has 1 aliphatic heterocycles. The number of benzene rings is 2. The molecule has 1 saturated heterocycles. The molecule has 2 amide bonds. The van der Waals surface area contributed by atoms with Crippen molar-refractivity contribution >= 4 is 40.6 Å². The molecule has 0 unspecified atom stereocenters. The fourth-order valence-electron chi connectivity index (χ4n) is 2.60. The lowest BCUT2D eigenvalue weighted by Gasteiger charge is -2.13. The molecule has 134 valence electrons. The van der Waals surface area contributed by atoms with Crippen LogP contribution in [0.15, 0.2) is 47.4 Å². The fourth-order valence-corrected chi connectivity index (χ4v) is 3.62. The van der Waals surface area contributed by atoms with Gasteiger partial charge in [0.1, 0.15) is 0 Å². The van der Waals surface area contributed by atoms with Crippen molar-refractivity contribution in [2.24, 2.45) is 0 Å². The number of rotatable bonds is 5. The van der Waals surface area contributed by atoms with Gasteiger partial charge >= 0.3 is 0 Å². The van der Waals surface area contributed by atoms with Crippen LogP contribution in [-0.4, -0.2) is 30.3 Å². The number of hydrogen-bond acceptors (Lipinski definition) is 5. The SMILES string of the molecule is COc1cccc(/C=C2/SC(=O)N(Cc3ccccc3Cl)C2=O)c1OC. The Balaban J connectivity index is 1.90. The zero-order chi connectivity index (χ0) is 18.7. The zero-order valence-electron chi connectivity index (χ0n) is 14.2. The number of carbonyl (C=O) groups is 2. The van der Waals surface area contributed by atoms with Crippen LogP contribution in [0.1, 0.15) is 11.1 Å². The van der Waals surface area contributed by atoms with Crippen molar-refractivity contribution in [3.8, 4) is 11.5 Å². The third-order valence-corrected chi connectivity index (χ3v) is 5.16. The first-order chi connectivity index (χ1) is 12.5. The fraction of sp³-hybridized carbons (Fsp3) is 0.158. The van der Waals surface area contributed by atoms with Crippen LogP contribution in [0, 0.1) is 0 Å². The van der Waals surface area contributed by atoms with E-state index < -0.39 is 0 Å². The second-order valence-electron chi connectivity index (χ2n) is 5.44. The number of ether oxygens (including phenoxy) is 2. The second-order valence-corrected chi connectivity index (χ2v) is 6.84. The maximum atomic E-state index is 12.7. The van der Waals surface area contributed by atoms with Gasteiger partial charge < -0.3 is 9.47 Å². The summed E-state index contributed by atoms with van der Waals surface area (Å²) in [6.07, 6.45) is 1.64. The molecule has 0 aromatic heterocycles. The second kappa shape index (κ2) is 7.85. The molecule has 0 radical (unpaired) electrons. The molecule has 0 N–H and O–H groups in total. The molecule has 5 nitrogen and oxygen atoms in total. The van der Waals surface area contributed by atoms with E-state index in [2.05, 4.69) is 0 Å². The van der Waals surface area contributed by atoms with Gasteiger partial charge in [0.15, 0.2) is 11.5 Å². The minimum absolute atomic E-state index is 0.136. The Bertz CT molecular complexity index is 897. The number of nitrogens with zero attached hydrogens (tertiary/aromatic N) is 1. The van der Waals surface area contributed by atoms with Gasteiger partial charge in [0.25, 0.3) is 11.1 Å². The third kappa shape index (κ3) is 3.57. The monoisotopic (exact) mass is 389 g/mol. The predicted molar refractivity (Wildman–Crippen MR) is 103 cm³/mol. The number of amides is 2. The Morgan fingerprint density at radius 2 is 1.85 bits per heavy atom. The van der Waals surface area contributed by atoms with E-state index in [-0.39, 0.29) is 17.7 Å². The highest BCUT2D eigenvalue weighted by atomic mass is 35.5. The summed E-state index contributed by atoms with van der Waals surface area (Å²) in [7, 11) is 3.07. The van der Waals surface area contributed by atoms with E-state index in [0.29, 0.717) is 27.0 Å². The molecule has 1 aliphatic rings. The van der Waals surface area contributed by atoms with E-state index in [0.717, 1.165) is 17.3 Å². The molecule has 0 bridgehead atoms. The third-order valence-electron chi connectivity index (χ3n) is 3.88. The number of methoxy groups -OCH3 is 2. The molecule has 26 heavy (non-hydrogen) atoms. The van der Waals surface area contributed by atoms with Crippen LogP contribution in [0.25, 0.3) is 6.08 Å². The summed E-state index contributed by atoms with van der Waals surface area (Å²) in [6, 6.07) is 12.5. The van der Waals surface area contributed by atoms with Gasteiger partial charge in [0.05, 0.1) is 25.7 Å². The molecule has 1 heterocycles. The van der Waals surface area contributed by atoms with Crippen molar-refractivity contribution in [2.75, 3.05) is 14.2 Å². The maximum Gasteiger partial charge on any atom is 0.293 e. The normalized spacial score (nSPS) is 15.7. The molecular formula is C19H16ClNO4S. The topological polar surface area (TPSA) is 55.8 Å². The summed E-state index contributed by atoms with van der Waals surface area (Å²) in [5.74, 6) is 0.703. The van der Waals surface area contributed by atoms with Crippen molar-refractivity contribution in [3.63, 3.8) is 0 Å². The molecule has 2 aromatic rings. The van der Waals surface area contributed by atoms with Crippen LogP contribution < -0.4 is 9.47 Å². The first kappa shape index (κ1) is 18.4. The molecule has 0 aliphatic carbocycles. The Morgan fingerprint density at radius 3 is 2.54 bits per heavy atom. The Morgan fingerprint density at radius 1 is 1.08 bits per heavy atom. The minimum atomic E-state index is -0.357. The van der Waals surface area contributed by atoms with Crippen LogP contribution in [0.3, 0.4) is 0 Å². The van der Waals surface area contributed by atoms with E-state index >= 15 is 0 Å². The van der Waals surface area contributed by atoms with Gasteiger partial charge in [-0.3, -0.25) is 14.5 Å². The number of para-hydroxylation sites is 1. The van der Waals surface area contributed by atoms with Crippen LogP contribution in [0.4, 0.5) is 4.79 Å². The van der Waals surface area contributed by atoms with Crippen molar-refractivity contribution in [1.82, 2.24) is 4.90 Å². The number of thioether (sulfide) groups is 1.